The first-order chi connectivity index (χ1) is 17.0. The van der Waals surface area contributed by atoms with Crippen molar-refractivity contribution in [3.63, 3.8) is 0 Å². The molecule has 1 amide bonds. The van der Waals surface area contributed by atoms with Crippen molar-refractivity contribution < 1.29 is 18.7 Å². The Morgan fingerprint density at radius 3 is 2.66 bits per heavy atom. The molecular weight excluding hydrogens is 460 g/mol. The van der Waals surface area contributed by atoms with Crippen LogP contribution >= 0.6 is 11.3 Å². The van der Waals surface area contributed by atoms with E-state index in [1.165, 1.54) is 22.6 Å². The Hall–Kier alpha value is -3.45. The number of ether oxygens (including phenoxy) is 1. The van der Waals surface area contributed by atoms with E-state index < -0.39 is 0 Å². The Bertz CT molecular complexity index is 1400. The second-order valence-electron chi connectivity index (χ2n) is 8.78. The minimum atomic E-state index is -0.368. The van der Waals surface area contributed by atoms with E-state index in [1.54, 1.807) is 13.0 Å². The minimum absolute atomic E-state index is 0.284. The fourth-order valence-electron chi connectivity index (χ4n) is 4.66. The third-order valence-electron chi connectivity index (χ3n) is 6.33. The SMILES string of the molecule is CCOC(=O)c1c(NC(=O)c2cc(-c3ccc(C)o3)nc3ccccc23)sc2c1CCCCCC2. The quantitative estimate of drug-likeness (QED) is 0.307. The van der Waals surface area contributed by atoms with E-state index in [0.717, 1.165) is 48.8 Å². The third-order valence-corrected chi connectivity index (χ3v) is 7.54. The maximum Gasteiger partial charge on any atom is 0.341 e. The molecule has 4 aromatic rings. The summed E-state index contributed by atoms with van der Waals surface area (Å²) in [7, 11) is 0. The summed E-state index contributed by atoms with van der Waals surface area (Å²) in [5.41, 5.74) is 3.33. The number of aryl methyl sites for hydroxylation is 2. The number of hydrogen-bond acceptors (Lipinski definition) is 6. The van der Waals surface area contributed by atoms with E-state index in [2.05, 4.69) is 5.32 Å². The number of fused-ring (bicyclic) bond motifs is 2. The molecule has 1 aliphatic rings. The second-order valence-corrected chi connectivity index (χ2v) is 9.88. The van der Waals surface area contributed by atoms with Crippen LogP contribution in [0.15, 0.2) is 46.9 Å². The van der Waals surface area contributed by atoms with Crippen molar-refractivity contribution >= 4 is 39.1 Å². The van der Waals surface area contributed by atoms with Crippen molar-refractivity contribution in [2.24, 2.45) is 0 Å². The Morgan fingerprint density at radius 1 is 1.09 bits per heavy atom. The van der Waals surface area contributed by atoms with Gasteiger partial charge in [-0.3, -0.25) is 4.79 Å². The Labute approximate surface area is 208 Å². The number of nitrogens with zero attached hydrogens (tertiary/aromatic N) is 1. The monoisotopic (exact) mass is 488 g/mol. The van der Waals surface area contributed by atoms with Crippen LogP contribution < -0.4 is 5.32 Å². The predicted octanol–water partition coefficient (Wildman–Crippen LogP) is 6.95. The molecule has 5 rings (SSSR count). The van der Waals surface area contributed by atoms with Gasteiger partial charge in [0.15, 0.2) is 5.76 Å². The Morgan fingerprint density at radius 2 is 1.89 bits per heavy atom. The fraction of sp³-hybridized carbons (Fsp3) is 0.321. The first-order valence-electron chi connectivity index (χ1n) is 12.1. The van der Waals surface area contributed by atoms with Gasteiger partial charge in [0.2, 0.25) is 0 Å². The van der Waals surface area contributed by atoms with Crippen molar-refractivity contribution in [2.45, 2.75) is 52.4 Å². The highest BCUT2D eigenvalue weighted by Crippen LogP contribution is 2.38. The Kier molecular flexibility index (Phi) is 6.68. The molecule has 3 heterocycles. The molecule has 0 radical (unpaired) electrons. The van der Waals surface area contributed by atoms with Crippen LogP contribution in [0.25, 0.3) is 22.4 Å². The van der Waals surface area contributed by atoms with Gasteiger partial charge in [-0.1, -0.05) is 31.0 Å². The number of thiophene rings is 1. The lowest BCUT2D eigenvalue weighted by molar-refractivity contribution is 0.0526. The molecular formula is C28H28N2O4S. The average molecular weight is 489 g/mol. The number of aromatic nitrogens is 1. The number of hydrogen-bond donors (Lipinski definition) is 1. The third kappa shape index (κ3) is 4.73. The summed E-state index contributed by atoms with van der Waals surface area (Å²) in [6.45, 7) is 3.96. The van der Waals surface area contributed by atoms with Crippen LogP contribution in [0, 0.1) is 6.92 Å². The topological polar surface area (TPSA) is 81.4 Å². The van der Waals surface area contributed by atoms with Gasteiger partial charge in [0.25, 0.3) is 5.91 Å². The molecule has 1 aromatic carbocycles. The van der Waals surface area contributed by atoms with Gasteiger partial charge < -0.3 is 14.5 Å². The molecule has 0 spiro atoms. The molecule has 0 bridgehead atoms. The number of carbonyl (C=O) groups excluding carboxylic acids is 2. The van der Waals surface area contributed by atoms with Crippen LogP contribution in [0.3, 0.4) is 0 Å². The number of furan rings is 1. The number of rotatable bonds is 5. The van der Waals surface area contributed by atoms with Crippen molar-refractivity contribution in [1.82, 2.24) is 4.98 Å². The van der Waals surface area contributed by atoms with E-state index in [9.17, 15) is 9.59 Å². The van der Waals surface area contributed by atoms with Crippen molar-refractivity contribution in [1.29, 1.82) is 0 Å². The van der Waals surface area contributed by atoms with Crippen LogP contribution in [0.4, 0.5) is 5.00 Å². The van der Waals surface area contributed by atoms with Gasteiger partial charge in [-0.25, -0.2) is 9.78 Å². The zero-order chi connectivity index (χ0) is 24.4. The molecule has 0 fully saturated rings. The minimum Gasteiger partial charge on any atom is -0.462 e. The molecule has 0 saturated heterocycles. The molecule has 1 aliphatic carbocycles. The standard InChI is InChI=1S/C28H28N2O4S/c1-3-33-28(32)25-19-11-6-4-5-7-13-24(19)35-27(25)30-26(31)20-16-22(23-15-14-17(2)34-23)29-21-12-9-8-10-18(20)21/h8-10,12,14-16H,3-7,11,13H2,1-2H3,(H,30,31). The normalized spacial score (nSPS) is 13.7. The summed E-state index contributed by atoms with van der Waals surface area (Å²) in [5, 5.41) is 4.37. The number of anilines is 1. The lowest BCUT2D eigenvalue weighted by atomic mass is 9.96. The lowest BCUT2D eigenvalue weighted by Crippen LogP contribution is -2.16. The molecule has 35 heavy (non-hydrogen) atoms. The zero-order valence-corrected chi connectivity index (χ0v) is 20.8. The van der Waals surface area contributed by atoms with Gasteiger partial charge in [-0.2, -0.15) is 0 Å². The molecule has 6 nitrogen and oxygen atoms in total. The van der Waals surface area contributed by atoms with Gasteiger partial charge in [0.05, 0.1) is 23.3 Å². The zero-order valence-electron chi connectivity index (χ0n) is 20.0. The molecule has 0 atom stereocenters. The number of nitrogens with one attached hydrogen (secondary N) is 1. The summed E-state index contributed by atoms with van der Waals surface area (Å²) in [6, 6.07) is 13.0. The van der Waals surface area contributed by atoms with Crippen LogP contribution in [0.2, 0.25) is 0 Å². The number of benzene rings is 1. The molecule has 0 aliphatic heterocycles. The van der Waals surface area contributed by atoms with E-state index in [4.69, 9.17) is 14.1 Å². The summed E-state index contributed by atoms with van der Waals surface area (Å²) in [6.07, 6.45) is 6.20. The van der Waals surface area contributed by atoms with Crippen molar-refractivity contribution in [2.75, 3.05) is 11.9 Å². The number of esters is 1. The molecule has 180 valence electrons. The molecule has 0 saturated carbocycles. The Balaban J connectivity index is 1.57. The first kappa shape index (κ1) is 23.3. The molecule has 1 N–H and O–H groups in total. The van der Waals surface area contributed by atoms with Gasteiger partial charge in [0.1, 0.15) is 16.5 Å². The second kappa shape index (κ2) is 10.0. The number of para-hydroxylation sites is 1. The number of carbonyl (C=O) groups is 2. The van der Waals surface area contributed by atoms with Gasteiger partial charge in [-0.15, -0.1) is 11.3 Å². The summed E-state index contributed by atoms with van der Waals surface area (Å²) in [5.74, 6) is 0.727. The fourth-order valence-corrected chi connectivity index (χ4v) is 5.93. The van der Waals surface area contributed by atoms with Crippen LogP contribution in [0.5, 0.6) is 0 Å². The van der Waals surface area contributed by atoms with Crippen LogP contribution in [-0.2, 0) is 17.6 Å². The molecule has 0 unspecified atom stereocenters. The van der Waals surface area contributed by atoms with Crippen molar-refractivity contribution in [3.05, 3.63) is 69.8 Å². The highest BCUT2D eigenvalue weighted by Gasteiger charge is 2.27. The van der Waals surface area contributed by atoms with E-state index in [0.29, 0.717) is 33.1 Å². The van der Waals surface area contributed by atoms with E-state index in [1.807, 2.05) is 43.3 Å². The van der Waals surface area contributed by atoms with E-state index in [-0.39, 0.29) is 18.5 Å². The molecule has 7 heteroatoms. The van der Waals surface area contributed by atoms with Crippen LogP contribution in [0.1, 0.15) is 69.5 Å². The van der Waals surface area contributed by atoms with Crippen LogP contribution in [-0.4, -0.2) is 23.5 Å². The predicted molar refractivity (Wildman–Crippen MR) is 138 cm³/mol. The highest BCUT2D eigenvalue weighted by atomic mass is 32.1. The molecule has 3 aromatic heterocycles. The maximum atomic E-state index is 13.7. The van der Waals surface area contributed by atoms with Crippen molar-refractivity contribution in [3.8, 4) is 11.5 Å². The van der Waals surface area contributed by atoms with Gasteiger partial charge in [-0.05, 0) is 69.4 Å². The highest BCUT2D eigenvalue weighted by molar-refractivity contribution is 7.17. The summed E-state index contributed by atoms with van der Waals surface area (Å²) in [4.78, 5) is 32.5. The number of pyridine rings is 1. The first-order valence-corrected chi connectivity index (χ1v) is 13.0. The number of amides is 1. The van der Waals surface area contributed by atoms with E-state index >= 15 is 0 Å². The summed E-state index contributed by atoms with van der Waals surface area (Å²) >= 11 is 1.50. The lowest BCUT2D eigenvalue weighted by Gasteiger charge is -2.12. The summed E-state index contributed by atoms with van der Waals surface area (Å²) < 4.78 is 11.2. The van der Waals surface area contributed by atoms with Gasteiger partial charge >= 0.3 is 5.97 Å². The van der Waals surface area contributed by atoms with Gasteiger partial charge in [0, 0.05) is 10.3 Å². The largest absolute Gasteiger partial charge is 0.462 e. The smallest absolute Gasteiger partial charge is 0.341 e. The maximum absolute atomic E-state index is 13.7. The average Bonchev–Trinajstić information content (AvgIpc) is 3.41.